The third-order valence-electron chi connectivity index (χ3n) is 4.86. The van der Waals surface area contributed by atoms with Gasteiger partial charge in [-0.1, -0.05) is 42.3 Å². The summed E-state index contributed by atoms with van der Waals surface area (Å²) in [6.45, 7) is 1.58. The molecule has 1 unspecified atom stereocenters. The summed E-state index contributed by atoms with van der Waals surface area (Å²) >= 11 is 5.90. The highest BCUT2D eigenvalue weighted by molar-refractivity contribution is 6.30. The number of benzene rings is 2. The van der Waals surface area contributed by atoms with Gasteiger partial charge in [-0.05, 0) is 54.3 Å². The Labute approximate surface area is 160 Å². The van der Waals surface area contributed by atoms with Crippen molar-refractivity contribution in [3.05, 3.63) is 70.8 Å². The van der Waals surface area contributed by atoms with Gasteiger partial charge in [-0.3, -0.25) is 4.79 Å². The number of nitrogens with zero attached hydrogens (tertiary/aromatic N) is 1. The van der Waals surface area contributed by atoms with Crippen LogP contribution in [0.3, 0.4) is 0 Å². The molecular weight excluding hydrogens is 346 g/mol. The molecule has 1 saturated heterocycles. The Morgan fingerprint density at radius 2 is 1.85 bits per heavy atom. The predicted molar refractivity (Wildman–Crippen MR) is 107 cm³/mol. The maximum Gasteiger partial charge on any atom is 0.246 e. The van der Waals surface area contributed by atoms with Crippen molar-refractivity contribution >= 4 is 23.6 Å². The van der Waals surface area contributed by atoms with Crippen LogP contribution < -0.4 is 4.74 Å². The van der Waals surface area contributed by atoms with Crippen LogP contribution in [0.5, 0.6) is 5.75 Å². The molecule has 0 aromatic heterocycles. The monoisotopic (exact) mass is 369 g/mol. The summed E-state index contributed by atoms with van der Waals surface area (Å²) in [7, 11) is 1.67. The van der Waals surface area contributed by atoms with E-state index in [0.717, 1.165) is 43.7 Å². The van der Waals surface area contributed by atoms with E-state index in [0.29, 0.717) is 10.9 Å². The molecular formula is C22H24ClNO2. The zero-order chi connectivity index (χ0) is 18.4. The highest BCUT2D eigenvalue weighted by Crippen LogP contribution is 2.28. The molecule has 0 saturated carbocycles. The Morgan fingerprint density at radius 1 is 1.12 bits per heavy atom. The van der Waals surface area contributed by atoms with Crippen LogP contribution in [0.2, 0.25) is 5.02 Å². The molecule has 4 heteroatoms. The quantitative estimate of drug-likeness (QED) is 0.697. The fraction of sp³-hybridized carbons (Fsp3) is 0.318. The zero-order valence-corrected chi connectivity index (χ0v) is 15.8. The third-order valence-corrected chi connectivity index (χ3v) is 5.11. The van der Waals surface area contributed by atoms with E-state index in [-0.39, 0.29) is 5.91 Å². The Kier molecular flexibility index (Phi) is 6.35. The lowest BCUT2D eigenvalue weighted by molar-refractivity contribution is -0.126. The number of ether oxygens (including phenoxy) is 1. The van der Waals surface area contributed by atoms with Crippen molar-refractivity contribution in [2.75, 3.05) is 20.2 Å². The minimum atomic E-state index is 0.0698. The van der Waals surface area contributed by atoms with E-state index in [2.05, 4.69) is 12.1 Å². The molecule has 1 amide bonds. The first kappa shape index (κ1) is 18.5. The van der Waals surface area contributed by atoms with Gasteiger partial charge in [0, 0.05) is 30.1 Å². The van der Waals surface area contributed by atoms with Gasteiger partial charge in [-0.15, -0.1) is 0 Å². The summed E-state index contributed by atoms with van der Waals surface area (Å²) in [6.07, 6.45) is 6.82. The average Bonchev–Trinajstić information content (AvgIpc) is 2.94. The van der Waals surface area contributed by atoms with Crippen molar-refractivity contribution in [2.24, 2.45) is 0 Å². The van der Waals surface area contributed by atoms with Crippen LogP contribution in [0, 0.1) is 0 Å². The van der Waals surface area contributed by atoms with Crippen molar-refractivity contribution in [3.8, 4) is 5.75 Å². The van der Waals surface area contributed by atoms with Crippen molar-refractivity contribution in [1.29, 1.82) is 0 Å². The van der Waals surface area contributed by atoms with Gasteiger partial charge in [0.15, 0.2) is 0 Å². The highest BCUT2D eigenvalue weighted by Gasteiger charge is 2.22. The molecule has 3 nitrogen and oxygen atoms in total. The minimum absolute atomic E-state index is 0.0698. The van der Waals surface area contributed by atoms with Crippen molar-refractivity contribution in [1.82, 2.24) is 4.90 Å². The summed E-state index contributed by atoms with van der Waals surface area (Å²) in [5.41, 5.74) is 2.25. The summed E-state index contributed by atoms with van der Waals surface area (Å²) < 4.78 is 5.24. The molecule has 2 aromatic rings. The molecule has 0 aliphatic carbocycles. The van der Waals surface area contributed by atoms with Gasteiger partial charge in [-0.2, -0.15) is 0 Å². The third kappa shape index (κ3) is 4.89. The fourth-order valence-electron chi connectivity index (χ4n) is 3.34. The predicted octanol–water partition coefficient (Wildman–Crippen LogP) is 5.16. The largest absolute Gasteiger partial charge is 0.497 e. The van der Waals surface area contributed by atoms with Crippen LogP contribution in [0.15, 0.2) is 54.6 Å². The lowest BCUT2D eigenvalue weighted by Crippen LogP contribution is -2.32. The Morgan fingerprint density at radius 3 is 2.54 bits per heavy atom. The molecule has 0 radical (unpaired) electrons. The first-order valence-corrected chi connectivity index (χ1v) is 9.40. The van der Waals surface area contributed by atoms with E-state index in [1.807, 2.05) is 47.4 Å². The number of likely N-dealkylation sites (tertiary alicyclic amines) is 1. The average molecular weight is 370 g/mol. The van der Waals surface area contributed by atoms with Crippen LogP contribution >= 0.6 is 11.6 Å². The Balaban J connectivity index is 1.67. The number of rotatable bonds is 4. The molecule has 3 rings (SSSR count). The molecule has 1 fully saturated rings. The first-order valence-electron chi connectivity index (χ1n) is 9.02. The van der Waals surface area contributed by atoms with E-state index in [1.165, 1.54) is 5.56 Å². The van der Waals surface area contributed by atoms with E-state index in [4.69, 9.17) is 16.3 Å². The van der Waals surface area contributed by atoms with Gasteiger partial charge in [0.05, 0.1) is 7.11 Å². The molecule has 0 N–H and O–H groups in total. The maximum absolute atomic E-state index is 12.7. The van der Waals surface area contributed by atoms with Crippen LogP contribution in [-0.2, 0) is 4.79 Å². The highest BCUT2D eigenvalue weighted by atomic mass is 35.5. The lowest BCUT2D eigenvalue weighted by Gasteiger charge is -2.24. The van der Waals surface area contributed by atoms with Crippen LogP contribution in [0.25, 0.3) is 6.08 Å². The maximum atomic E-state index is 12.7. The van der Waals surface area contributed by atoms with Crippen LogP contribution in [0.4, 0.5) is 0 Å². The van der Waals surface area contributed by atoms with Crippen molar-refractivity contribution in [2.45, 2.75) is 25.2 Å². The molecule has 26 heavy (non-hydrogen) atoms. The van der Waals surface area contributed by atoms with Gasteiger partial charge in [0.25, 0.3) is 0 Å². The van der Waals surface area contributed by atoms with Gasteiger partial charge in [0.2, 0.25) is 5.91 Å². The van der Waals surface area contributed by atoms with Gasteiger partial charge in [0.1, 0.15) is 5.75 Å². The van der Waals surface area contributed by atoms with E-state index >= 15 is 0 Å². The standard InChI is InChI=1S/C22H24ClNO2/c1-26-21-12-8-18(9-13-21)19-4-2-3-15-24(16-19)22(25)14-7-17-5-10-20(23)11-6-17/h5-14,19H,2-4,15-16H2,1H3/b14-7+. The van der Waals surface area contributed by atoms with E-state index in [1.54, 1.807) is 13.2 Å². The number of halogens is 1. The molecule has 1 atom stereocenters. The zero-order valence-electron chi connectivity index (χ0n) is 15.0. The summed E-state index contributed by atoms with van der Waals surface area (Å²) in [6, 6.07) is 15.7. The second-order valence-electron chi connectivity index (χ2n) is 6.64. The second-order valence-corrected chi connectivity index (χ2v) is 7.07. The molecule has 0 spiro atoms. The molecule has 0 bridgehead atoms. The van der Waals surface area contributed by atoms with E-state index < -0.39 is 0 Å². The Bertz CT molecular complexity index is 753. The van der Waals surface area contributed by atoms with Crippen LogP contribution in [0.1, 0.15) is 36.3 Å². The fourth-order valence-corrected chi connectivity index (χ4v) is 3.46. The normalized spacial score (nSPS) is 17.9. The number of carbonyl (C=O) groups is 1. The number of carbonyl (C=O) groups excluding carboxylic acids is 1. The van der Waals surface area contributed by atoms with Crippen molar-refractivity contribution in [3.63, 3.8) is 0 Å². The summed E-state index contributed by atoms with van der Waals surface area (Å²) in [5, 5.41) is 0.698. The SMILES string of the molecule is COc1ccc(C2CCCCN(C(=O)/C=C/c3ccc(Cl)cc3)C2)cc1. The second kappa shape index (κ2) is 8.91. The van der Waals surface area contributed by atoms with Crippen molar-refractivity contribution < 1.29 is 9.53 Å². The smallest absolute Gasteiger partial charge is 0.246 e. The molecule has 1 heterocycles. The van der Waals surface area contributed by atoms with E-state index in [9.17, 15) is 4.79 Å². The van der Waals surface area contributed by atoms with Gasteiger partial charge in [-0.25, -0.2) is 0 Å². The van der Waals surface area contributed by atoms with Gasteiger partial charge < -0.3 is 9.64 Å². The first-order chi connectivity index (χ1) is 12.7. The lowest BCUT2D eigenvalue weighted by atomic mass is 9.94. The van der Waals surface area contributed by atoms with Gasteiger partial charge >= 0.3 is 0 Å². The molecule has 1 aliphatic rings. The minimum Gasteiger partial charge on any atom is -0.497 e. The summed E-state index contributed by atoms with van der Waals surface area (Å²) in [5.74, 6) is 1.30. The number of hydrogen-bond donors (Lipinski definition) is 0. The number of hydrogen-bond acceptors (Lipinski definition) is 2. The summed E-state index contributed by atoms with van der Waals surface area (Å²) in [4.78, 5) is 14.6. The Hall–Kier alpha value is -2.26. The number of amides is 1. The molecule has 136 valence electrons. The van der Waals surface area contributed by atoms with Crippen LogP contribution in [-0.4, -0.2) is 31.0 Å². The number of methoxy groups -OCH3 is 1. The molecule has 2 aromatic carbocycles. The molecule has 1 aliphatic heterocycles. The topological polar surface area (TPSA) is 29.5 Å².